The third kappa shape index (κ3) is 3.80. The molecule has 1 N–H and O–H groups in total. The van der Waals surface area contributed by atoms with Gasteiger partial charge in [0.25, 0.3) is 0 Å². The Bertz CT molecular complexity index is 429. The van der Waals surface area contributed by atoms with Gasteiger partial charge in [-0.05, 0) is 23.5 Å². The summed E-state index contributed by atoms with van der Waals surface area (Å²) in [5.41, 5.74) is 0.0568. The maximum absolute atomic E-state index is 11.8. The molecule has 0 amide bonds. The lowest BCUT2D eigenvalue weighted by atomic mass is 9.89. The summed E-state index contributed by atoms with van der Waals surface area (Å²) in [7, 11) is 1.36. The fourth-order valence-electron chi connectivity index (χ4n) is 1.99. The van der Waals surface area contributed by atoms with Gasteiger partial charge in [-0.15, -0.1) is 11.3 Å². The molecule has 2 atom stereocenters. The number of aliphatic hydroxyl groups excluding tert-OH is 1. The molecule has 3 nitrogen and oxygen atoms in total. The maximum Gasteiger partial charge on any atom is 0.311 e. The first-order valence-electron chi connectivity index (χ1n) is 6.54. The van der Waals surface area contributed by atoms with Gasteiger partial charge in [-0.2, -0.15) is 0 Å². The van der Waals surface area contributed by atoms with Crippen LogP contribution < -0.4 is 0 Å². The number of rotatable bonds is 4. The molecule has 0 fully saturated rings. The number of ether oxygens (including phenoxy) is 1. The molecule has 0 aromatic carbocycles. The molecule has 108 valence electrons. The molecule has 1 aromatic heterocycles. The highest BCUT2D eigenvalue weighted by Gasteiger charge is 2.33. The van der Waals surface area contributed by atoms with Crippen LogP contribution >= 0.6 is 11.3 Å². The van der Waals surface area contributed by atoms with Crippen LogP contribution in [0.15, 0.2) is 12.1 Å². The first kappa shape index (κ1) is 16.2. The minimum atomic E-state index is -0.798. The van der Waals surface area contributed by atoms with Gasteiger partial charge in [-0.1, -0.05) is 34.6 Å². The van der Waals surface area contributed by atoms with E-state index < -0.39 is 12.0 Å². The fourth-order valence-corrected chi connectivity index (χ4v) is 3.09. The fraction of sp³-hybridized carbons (Fsp3) is 0.667. The van der Waals surface area contributed by atoms with E-state index in [0.29, 0.717) is 0 Å². The largest absolute Gasteiger partial charge is 0.469 e. The second-order valence-electron chi connectivity index (χ2n) is 6.19. The first-order valence-corrected chi connectivity index (χ1v) is 7.36. The summed E-state index contributed by atoms with van der Waals surface area (Å²) in [6, 6.07) is 3.94. The monoisotopic (exact) mass is 284 g/mol. The zero-order valence-corrected chi connectivity index (χ0v) is 13.4. The van der Waals surface area contributed by atoms with Crippen LogP contribution in [0.4, 0.5) is 0 Å². The SMILES string of the molecule is COC(=O)C(C(C)C)C(O)c1ccc(C(C)(C)C)s1. The van der Waals surface area contributed by atoms with E-state index in [0.717, 1.165) is 4.88 Å². The van der Waals surface area contributed by atoms with Gasteiger partial charge in [-0.25, -0.2) is 0 Å². The minimum absolute atomic E-state index is 0.0302. The van der Waals surface area contributed by atoms with E-state index in [2.05, 4.69) is 20.8 Å². The van der Waals surface area contributed by atoms with Crippen molar-refractivity contribution in [3.05, 3.63) is 21.9 Å². The molecule has 4 heteroatoms. The Morgan fingerprint density at radius 3 is 2.26 bits per heavy atom. The molecule has 2 unspecified atom stereocenters. The van der Waals surface area contributed by atoms with E-state index in [1.165, 1.54) is 12.0 Å². The Balaban J connectivity index is 3.01. The van der Waals surface area contributed by atoms with Crippen LogP contribution in [0.1, 0.15) is 50.5 Å². The van der Waals surface area contributed by atoms with Crippen LogP contribution in [0.5, 0.6) is 0 Å². The van der Waals surface area contributed by atoms with Crippen molar-refractivity contribution < 1.29 is 14.6 Å². The van der Waals surface area contributed by atoms with Crippen LogP contribution in [0, 0.1) is 11.8 Å². The molecule has 19 heavy (non-hydrogen) atoms. The molecule has 1 rings (SSSR count). The third-order valence-electron chi connectivity index (χ3n) is 3.19. The Morgan fingerprint density at radius 1 is 1.32 bits per heavy atom. The molecular weight excluding hydrogens is 260 g/mol. The van der Waals surface area contributed by atoms with Gasteiger partial charge in [0.15, 0.2) is 0 Å². The smallest absolute Gasteiger partial charge is 0.311 e. The zero-order chi connectivity index (χ0) is 14.8. The van der Waals surface area contributed by atoms with Crippen molar-refractivity contribution in [3.8, 4) is 0 Å². The average molecular weight is 284 g/mol. The molecule has 0 bridgehead atoms. The van der Waals surface area contributed by atoms with Crippen LogP contribution in [-0.2, 0) is 14.9 Å². The van der Waals surface area contributed by atoms with Gasteiger partial charge in [-0.3, -0.25) is 4.79 Å². The number of hydrogen-bond acceptors (Lipinski definition) is 4. The van der Waals surface area contributed by atoms with E-state index in [-0.39, 0.29) is 17.3 Å². The predicted octanol–water partition coefficient (Wildman–Crippen LogP) is 3.52. The summed E-state index contributed by atoms with van der Waals surface area (Å²) >= 11 is 1.56. The first-order chi connectivity index (χ1) is 8.68. The topological polar surface area (TPSA) is 46.5 Å². The van der Waals surface area contributed by atoms with Crippen LogP contribution in [0.25, 0.3) is 0 Å². The number of carbonyl (C=O) groups is 1. The number of thiophene rings is 1. The lowest BCUT2D eigenvalue weighted by molar-refractivity contribution is -0.151. The molecule has 1 heterocycles. The van der Waals surface area contributed by atoms with Gasteiger partial charge in [0.2, 0.25) is 0 Å². The third-order valence-corrected chi connectivity index (χ3v) is 4.77. The lowest BCUT2D eigenvalue weighted by Gasteiger charge is -2.23. The number of carbonyl (C=O) groups excluding carboxylic acids is 1. The second-order valence-corrected chi connectivity index (χ2v) is 7.31. The van der Waals surface area contributed by atoms with Gasteiger partial charge < -0.3 is 9.84 Å². The molecule has 0 saturated carbocycles. The molecule has 0 radical (unpaired) electrons. The molecule has 0 aliphatic carbocycles. The normalized spacial score (nSPS) is 15.4. The number of methoxy groups -OCH3 is 1. The highest BCUT2D eigenvalue weighted by Crippen LogP contribution is 2.37. The summed E-state index contributed by atoms with van der Waals surface area (Å²) < 4.78 is 4.80. The van der Waals surface area contributed by atoms with Crippen molar-refractivity contribution in [1.82, 2.24) is 0 Å². The number of hydrogen-bond donors (Lipinski definition) is 1. The zero-order valence-electron chi connectivity index (χ0n) is 12.6. The van der Waals surface area contributed by atoms with Crippen LogP contribution in [0.2, 0.25) is 0 Å². The number of aliphatic hydroxyl groups is 1. The van der Waals surface area contributed by atoms with E-state index in [4.69, 9.17) is 4.74 Å². The van der Waals surface area contributed by atoms with Gasteiger partial charge in [0, 0.05) is 9.75 Å². The summed E-state index contributed by atoms with van der Waals surface area (Å²) in [6.45, 7) is 10.2. The van der Waals surface area contributed by atoms with Crippen molar-refractivity contribution in [2.75, 3.05) is 7.11 Å². The van der Waals surface area contributed by atoms with Crippen LogP contribution in [-0.4, -0.2) is 18.2 Å². The highest BCUT2D eigenvalue weighted by molar-refractivity contribution is 7.12. The van der Waals surface area contributed by atoms with Gasteiger partial charge >= 0.3 is 5.97 Å². The Labute approximate surface area is 119 Å². The Hall–Kier alpha value is -0.870. The minimum Gasteiger partial charge on any atom is -0.469 e. The van der Waals surface area contributed by atoms with E-state index >= 15 is 0 Å². The predicted molar refractivity (Wildman–Crippen MR) is 78.3 cm³/mol. The van der Waals surface area contributed by atoms with E-state index in [1.54, 1.807) is 11.3 Å². The summed E-state index contributed by atoms with van der Waals surface area (Å²) in [5.74, 6) is -0.840. The lowest BCUT2D eigenvalue weighted by Crippen LogP contribution is -2.27. The van der Waals surface area contributed by atoms with Crippen molar-refractivity contribution in [1.29, 1.82) is 0 Å². The average Bonchev–Trinajstić information content (AvgIpc) is 2.77. The molecular formula is C15H24O3S. The van der Waals surface area contributed by atoms with E-state index in [9.17, 15) is 9.90 Å². The quantitative estimate of drug-likeness (QED) is 0.860. The maximum atomic E-state index is 11.8. The van der Waals surface area contributed by atoms with E-state index in [1.807, 2.05) is 26.0 Å². The molecule has 0 saturated heterocycles. The van der Waals surface area contributed by atoms with Crippen LogP contribution in [0.3, 0.4) is 0 Å². The molecule has 1 aromatic rings. The molecule has 0 spiro atoms. The molecule has 0 aliphatic rings. The van der Waals surface area contributed by atoms with Crippen molar-refractivity contribution in [3.63, 3.8) is 0 Å². The number of esters is 1. The standard InChI is InChI=1S/C15H24O3S/c1-9(2)12(14(17)18-6)13(16)10-7-8-11(19-10)15(3,4)5/h7-9,12-13,16H,1-6H3. The molecule has 0 aliphatic heterocycles. The van der Waals surface area contributed by atoms with Crippen molar-refractivity contribution in [2.24, 2.45) is 11.8 Å². The van der Waals surface area contributed by atoms with Crippen molar-refractivity contribution in [2.45, 2.75) is 46.1 Å². The van der Waals surface area contributed by atoms with Gasteiger partial charge in [0.05, 0.1) is 13.0 Å². The summed E-state index contributed by atoms with van der Waals surface area (Å²) in [6.07, 6.45) is -0.798. The highest BCUT2D eigenvalue weighted by atomic mass is 32.1. The Morgan fingerprint density at radius 2 is 1.89 bits per heavy atom. The summed E-state index contributed by atoms with van der Waals surface area (Å²) in [5, 5.41) is 10.4. The summed E-state index contributed by atoms with van der Waals surface area (Å²) in [4.78, 5) is 13.8. The second kappa shape index (κ2) is 6.06. The Kier molecular flexibility index (Phi) is 5.16. The van der Waals surface area contributed by atoms with Gasteiger partial charge in [0.1, 0.15) is 6.10 Å². The van der Waals surface area contributed by atoms with Crippen molar-refractivity contribution >= 4 is 17.3 Å².